The summed E-state index contributed by atoms with van der Waals surface area (Å²) in [5, 5.41) is 35.2. The first-order valence-corrected chi connectivity index (χ1v) is 14.9. The van der Waals surface area contributed by atoms with Crippen molar-refractivity contribution >= 4 is 0 Å². The number of hydrogen-bond donors (Lipinski definition) is 5. The molecule has 5 nitrogen and oxygen atoms in total. The van der Waals surface area contributed by atoms with E-state index in [1.807, 2.05) is 0 Å². The SMILES string of the molecule is CC(C)CCC[C@@H](C)[C@H]1CC[C@H]2[C@@H]3CC=C4C[C@@H](O)CC[C@]4(C)[C@H]3CC[C@]12C.NC(CO)(CO)CO. The van der Waals surface area contributed by atoms with Crippen LogP contribution in [0.3, 0.4) is 0 Å². The highest BCUT2D eigenvalue weighted by molar-refractivity contribution is 5.25. The van der Waals surface area contributed by atoms with Crippen LogP contribution in [-0.4, -0.2) is 51.9 Å². The molecule has 4 aliphatic rings. The van der Waals surface area contributed by atoms with Gasteiger partial charge in [0.25, 0.3) is 0 Å². The fourth-order valence-corrected chi connectivity index (χ4v) is 8.82. The highest BCUT2D eigenvalue weighted by Crippen LogP contribution is 2.67. The van der Waals surface area contributed by atoms with Gasteiger partial charge in [-0.25, -0.2) is 0 Å². The Morgan fingerprint density at radius 1 is 0.944 bits per heavy atom. The Labute approximate surface area is 220 Å². The molecule has 5 heteroatoms. The van der Waals surface area contributed by atoms with Crippen LogP contribution in [0.5, 0.6) is 0 Å². The van der Waals surface area contributed by atoms with Crippen LogP contribution in [0.2, 0.25) is 0 Å². The van der Waals surface area contributed by atoms with Gasteiger partial charge in [0.15, 0.2) is 0 Å². The third-order valence-corrected chi connectivity index (χ3v) is 11.2. The second-order valence-electron chi connectivity index (χ2n) is 14.0. The quantitative estimate of drug-likeness (QED) is 0.296. The molecule has 6 N–H and O–H groups in total. The first-order chi connectivity index (χ1) is 16.9. The van der Waals surface area contributed by atoms with Gasteiger partial charge in [-0.15, -0.1) is 0 Å². The highest BCUT2D eigenvalue weighted by atomic mass is 16.3. The molecule has 4 aliphatic carbocycles. The zero-order valence-electron chi connectivity index (χ0n) is 23.9. The van der Waals surface area contributed by atoms with Crippen LogP contribution in [-0.2, 0) is 0 Å². The maximum atomic E-state index is 10.2. The lowest BCUT2D eigenvalue weighted by Crippen LogP contribution is -2.50. The minimum absolute atomic E-state index is 0.0766. The van der Waals surface area contributed by atoms with E-state index < -0.39 is 25.4 Å². The van der Waals surface area contributed by atoms with Gasteiger partial charge in [-0.3, -0.25) is 0 Å². The molecule has 0 aromatic heterocycles. The molecule has 210 valence electrons. The Hall–Kier alpha value is -0.460. The average molecular weight is 508 g/mol. The molecular formula is C31H57NO4. The second kappa shape index (κ2) is 12.2. The lowest BCUT2D eigenvalue weighted by atomic mass is 9.47. The van der Waals surface area contributed by atoms with Crippen molar-refractivity contribution in [2.75, 3.05) is 19.8 Å². The van der Waals surface area contributed by atoms with Crippen LogP contribution < -0.4 is 5.73 Å². The van der Waals surface area contributed by atoms with Gasteiger partial charge >= 0.3 is 0 Å². The number of rotatable bonds is 8. The summed E-state index contributed by atoms with van der Waals surface area (Å²) in [5.41, 5.74) is 6.54. The summed E-state index contributed by atoms with van der Waals surface area (Å²) < 4.78 is 0. The fraction of sp³-hybridized carbons (Fsp3) is 0.935. The molecule has 0 heterocycles. The Morgan fingerprint density at radius 2 is 1.61 bits per heavy atom. The summed E-state index contributed by atoms with van der Waals surface area (Å²) in [5.74, 6) is 5.46. The summed E-state index contributed by atoms with van der Waals surface area (Å²) in [6.07, 6.45) is 17.2. The largest absolute Gasteiger partial charge is 0.394 e. The molecule has 4 rings (SSSR count). The maximum absolute atomic E-state index is 10.2. The first kappa shape index (κ1) is 30.1. The molecule has 0 spiro atoms. The number of fused-ring (bicyclic) bond motifs is 5. The van der Waals surface area contributed by atoms with E-state index >= 15 is 0 Å². The summed E-state index contributed by atoms with van der Waals surface area (Å²) in [7, 11) is 0. The van der Waals surface area contributed by atoms with Gasteiger partial charge in [-0.2, -0.15) is 0 Å². The number of aliphatic hydroxyl groups excluding tert-OH is 4. The summed E-state index contributed by atoms with van der Waals surface area (Å²) in [4.78, 5) is 0. The van der Waals surface area contributed by atoms with E-state index in [2.05, 4.69) is 40.7 Å². The average Bonchev–Trinajstić information content (AvgIpc) is 3.21. The van der Waals surface area contributed by atoms with Crippen LogP contribution in [0.4, 0.5) is 0 Å². The van der Waals surface area contributed by atoms with Crippen LogP contribution in [0.1, 0.15) is 105 Å². The van der Waals surface area contributed by atoms with Crippen molar-refractivity contribution in [3.63, 3.8) is 0 Å². The first-order valence-electron chi connectivity index (χ1n) is 14.9. The molecule has 8 atom stereocenters. The maximum Gasteiger partial charge on any atom is 0.0856 e. The van der Waals surface area contributed by atoms with E-state index in [-0.39, 0.29) is 6.10 Å². The Kier molecular flexibility index (Phi) is 10.2. The smallest absolute Gasteiger partial charge is 0.0856 e. The zero-order valence-corrected chi connectivity index (χ0v) is 23.9. The van der Waals surface area contributed by atoms with E-state index in [1.54, 1.807) is 5.57 Å². The van der Waals surface area contributed by atoms with Gasteiger partial charge in [0.2, 0.25) is 0 Å². The van der Waals surface area contributed by atoms with Crippen molar-refractivity contribution in [3.8, 4) is 0 Å². The van der Waals surface area contributed by atoms with Gasteiger partial charge in [0, 0.05) is 0 Å². The van der Waals surface area contributed by atoms with E-state index in [0.29, 0.717) is 10.8 Å². The lowest BCUT2D eigenvalue weighted by Gasteiger charge is -2.58. The zero-order chi connectivity index (χ0) is 26.7. The molecule has 0 saturated heterocycles. The molecule has 0 aromatic rings. The van der Waals surface area contributed by atoms with Crippen molar-refractivity contribution in [3.05, 3.63) is 11.6 Å². The molecular weight excluding hydrogens is 450 g/mol. The van der Waals surface area contributed by atoms with Crippen molar-refractivity contribution in [2.45, 2.75) is 117 Å². The summed E-state index contributed by atoms with van der Waals surface area (Å²) in [6.45, 7) is 11.4. The second-order valence-corrected chi connectivity index (χ2v) is 14.0. The predicted molar refractivity (Wildman–Crippen MR) is 147 cm³/mol. The number of nitrogens with two attached hydrogens (primary N) is 1. The topological polar surface area (TPSA) is 107 Å². The van der Waals surface area contributed by atoms with Crippen molar-refractivity contribution in [1.29, 1.82) is 0 Å². The number of hydrogen-bond acceptors (Lipinski definition) is 5. The van der Waals surface area contributed by atoms with E-state index in [0.717, 1.165) is 48.3 Å². The molecule has 3 saturated carbocycles. The fourth-order valence-electron chi connectivity index (χ4n) is 8.82. The normalized spacial score (nSPS) is 38.9. The van der Waals surface area contributed by atoms with E-state index in [1.165, 1.54) is 57.8 Å². The van der Waals surface area contributed by atoms with Gasteiger partial charge < -0.3 is 26.2 Å². The minimum atomic E-state index is -1.21. The summed E-state index contributed by atoms with van der Waals surface area (Å²) in [6, 6.07) is 0. The summed E-state index contributed by atoms with van der Waals surface area (Å²) >= 11 is 0. The van der Waals surface area contributed by atoms with Gasteiger partial charge in [0.1, 0.15) is 0 Å². The van der Waals surface area contributed by atoms with Gasteiger partial charge in [0.05, 0.1) is 31.5 Å². The molecule has 0 radical (unpaired) electrons. The van der Waals surface area contributed by atoms with Gasteiger partial charge in [-0.1, -0.05) is 65.5 Å². The van der Waals surface area contributed by atoms with E-state index in [9.17, 15) is 5.11 Å². The Balaban J connectivity index is 0.000000392. The Bertz CT molecular complexity index is 726. The third-order valence-electron chi connectivity index (χ3n) is 11.2. The third kappa shape index (κ3) is 6.06. The minimum Gasteiger partial charge on any atom is -0.394 e. The van der Waals surface area contributed by atoms with Crippen LogP contribution >= 0.6 is 0 Å². The molecule has 0 bridgehead atoms. The Morgan fingerprint density at radius 3 is 2.19 bits per heavy atom. The lowest BCUT2D eigenvalue weighted by molar-refractivity contribution is -0.0573. The van der Waals surface area contributed by atoms with Crippen molar-refractivity contribution < 1.29 is 20.4 Å². The monoisotopic (exact) mass is 507 g/mol. The van der Waals surface area contributed by atoms with Crippen LogP contribution in [0, 0.1) is 46.3 Å². The molecule has 0 aliphatic heterocycles. The van der Waals surface area contributed by atoms with Gasteiger partial charge in [-0.05, 0) is 97.7 Å². The van der Waals surface area contributed by atoms with Crippen LogP contribution in [0.25, 0.3) is 0 Å². The molecule has 0 amide bonds. The van der Waals surface area contributed by atoms with E-state index in [4.69, 9.17) is 21.1 Å². The molecule has 3 fully saturated rings. The number of allylic oxidation sites excluding steroid dienone is 1. The highest BCUT2D eigenvalue weighted by Gasteiger charge is 2.59. The molecule has 0 aromatic carbocycles. The molecule has 36 heavy (non-hydrogen) atoms. The van der Waals surface area contributed by atoms with Crippen molar-refractivity contribution in [1.82, 2.24) is 0 Å². The van der Waals surface area contributed by atoms with Crippen molar-refractivity contribution in [2.24, 2.45) is 52.1 Å². The number of aliphatic hydroxyl groups is 4. The standard InChI is InChI=1S/C27H46O.C4H11NO3/c1-18(2)7-6-8-19(3)23-11-12-24-22-10-9-20-17-21(28)13-15-26(20,4)25(22)14-16-27(23,24)5;5-4(1-6,2-7)3-8/h9,18-19,21-25,28H,6-8,10-17H2,1-5H3;6-8H,1-3,5H2/t19-,21+,22+,23-,24+,25+,26+,27-;/m1./s1. The van der Waals surface area contributed by atoms with Crippen LogP contribution in [0.15, 0.2) is 11.6 Å². The molecule has 0 unspecified atom stereocenters. The predicted octanol–water partition coefficient (Wildman–Crippen LogP) is 5.05.